The molecule has 1 saturated heterocycles. The van der Waals surface area contributed by atoms with Crippen molar-refractivity contribution in [1.29, 1.82) is 0 Å². The third-order valence-electron chi connectivity index (χ3n) is 3.05. The Kier molecular flexibility index (Phi) is 4.65. The van der Waals surface area contributed by atoms with Crippen LogP contribution in [0.4, 0.5) is 0 Å². The van der Waals surface area contributed by atoms with E-state index in [1.165, 1.54) is 0 Å². The van der Waals surface area contributed by atoms with Gasteiger partial charge in [-0.3, -0.25) is 9.59 Å². The predicted octanol–water partition coefficient (Wildman–Crippen LogP) is 1.26. The van der Waals surface area contributed by atoms with Gasteiger partial charge in [0, 0.05) is 19.0 Å². The van der Waals surface area contributed by atoms with E-state index in [2.05, 4.69) is 12.6 Å². The maximum atomic E-state index is 11.8. The third kappa shape index (κ3) is 3.14. The Hall–Kier alpha value is -0.710. The summed E-state index contributed by atoms with van der Waals surface area (Å²) in [5.41, 5.74) is 0. The van der Waals surface area contributed by atoms with Crippen molar-refractivity contribution in [3.8, 4) is 0 Å². The molecule has 4 nitrogen and oxygen atoms in total. The minimum atomic E-state index is -0.846. The summed E-state index contributed by atoms with van der Waals surface area (Å²) in [5.74, 6) is 0.338. The lowest BCUT2D eigenvalue weighted by Crippen LogP contribution is -2.41. The highest BCUT2D eigenvalue weighted by molar-refractivity contribution is 7.80. The highest BCUT2D eigenvalue weighted by Crippen LogP contribution is 2.25. The van der Waals surface area contributed by atoms with Crippen LogP contribution in [0.2, 0.25) is 0 Å². The number of aliphatic carboxylic acids is 1. The van der Waals surface area contributed by atoms with Gasteiger partial charge < -0.3 is 10.0 Å². The van der Waals surface area contributed by atoms with E-state index in [0.717, 1.165) is 0 Å². The minimum absolute atomic E-state index is 0.0305. The number of nitrogens with zero attached hydrogens (tertiary/aromatic N) is 1. The van der Waals surface area contributed by atoms with Crippen LogP contribution < -0.4 is 0 Å². The van der Waals surface area contributed by atoms with Crippen LogP contribution in [0.5, 0.6) is 0 Å². The lowest BCUT2D eigenvalue weighted by atomic mass is 9.99. The van der Waals surface area contributed by atoms with Crippen molar-refractivity contribution in [2.45, 2.75) is 32.7 Å². The van der Waals surface area contributed by atoms with Crippen LogP contribution in [0.25, 0.3) is 0 Å². The highest BCUT2D eigenvalue weighted by Gasteiger charge is 2.35. The molecule has 2 atom stereocenters. The molecular weight excluding hydrogens is 226 g/mol. The molecule has 16 heavy (non-hydrogen) atoms. The van der Waals surface area contributed by atoms with Gasteiger partial charge in [0.05, 0.1) is 6.42 Å². The zero-order valence-electron chi connectivity index (χ0n) is 9.72. The van der Waals surface area contributed by atoms with Crippen LogP contribution in [0.1, 0.15) is 26.7 Å². The quantitative estimate of drug-likeness (QED) is 0.717. The number of carboxylic acid groups (broad SMARTS) is 1. The van der Waals surface area contributed by atoms with E-state index in [1.54, 1.807) is 4.90 Å². The van der Waals surface area contributed by atoms with Gasteiger partial charge in [0.25, 0.3) is 0 Å². The van der Waals surface area contributed by atoms with E-state index in [0.29, 0.717) is 18.7 Å². The molecular formula is C11H19NO3S. The van der Waals surface area contributed by atoms with Gasteiger partial charge in [-0.15, -0.1) is 0 Å². The maximum absolute atomic E-state index is 11.8. The second-order valence-corrected chi connectivity index (χ2v) is 5.07. The average molecular weight is 245 g/mol. The molecule has 0 aliphatic carbocycles. The Morgan fingerprint density at radius 1 is 1.62 bits per heavy atom. The summed E-state index contributed by atoms with van der Waals surface area (Å²) < 4.78 is 0. The predicted molar refractivity (Wildman–Crippen MR) is 64.6 cm³/mol. The molecule has 0 radical (unpaired) electrons. The number of likely N-dealkylation sites (tertiary alicyclic amines) is 1. The molecule has 1 amide bonds. The lowest BCUT2D eigenvalue weighted by molar-refractivity contribution is -0.140. The molecule has 1 aliphatic rings. The number of carbonyl (C=O) groups is 2. The second kappa shape index (κ2) is 5.57. The number of rotatable bonds is 5. The topological polar surface area (TPSA) is 57.6 Å². The Bertz CT molecular complexity index is 280. The van der Waals surface area contributed by atoms with Crippen LogP contribution in [0.3, 0.4) is 0 Å². The van der Waals surface area contributed by atoms with Crippen molar-refractivity contribution in [3.05, 3.63) is 0 Å². The molecule has 5 heteroatoms. The van der Waals surface area contributed by atoms with Crippen molar-refractivity contribution in [2.24, 2.45) is 11.8 Å². The Balaban J connectivity index is 2.71. The molecule has 1 fully saturated rings. The Morgan fingerprint density at radius 3 is 2.62 bits per heavy atom. The second-order valence-electron chi connectivity index (χ2n) is 4.71. The zero-order valence-corrected chi connectivity index (χ0v) is 10.6. The van der Waals surface area contributed by atoms with Crippen molar-refractivity contribution < 1.29 is 14.7 Å². The smallest absolute Gasteiger partial charge is 0.305 e. The van der Waals surface area contributed by atoms with Crippen LogP contribution >= 0.6 is 12.6 Å². The molecule has 0 saturated carbocycles. The summed E-state index contributed by atoms with van der Waals surface area (Å²) in [5, 5.41) is 8.85. The molecule has 0 bridgehead atoms. The van der Waals surface area contributed by atoms with Gasteiger partial charge in [-0.05, 0) is 17.6 Å². The molecule has 0 aromatic carbocycles. The fourth-order valence-corrected chi connectivity index (χ4v) is 2.38. The van der Waals surface area contributed by atoms with E-state index in [-0.39, 0.29) is 30.2 Å². The number of carbonyl (C=O) groups excluding carboxylic acids is 1. The maximum Gasteiger partial charge on any atom is 0.305 e. The average Bonchev–Trinajstić information content (AvgIpc) is 2.55. The Labute approximate surface area is 101 Å². The minimum Gasteiger partial charge on any atom is -0.481 e. The van der Waals surface area contributed by atoms with E-state index >= 15 is 0 Å². The van der Waals surface area contributed by atoms with Crippen LogP contribution in [0, 0.1) is 11.8 Å². The van der Waals surface area contributed by atoms with E-state index in [4.69, 9.17) is 5.11 Å². The monoisotopic (exact) mass is 245 g/mol. The molecule has 1 heterocycles. The largest absolute Gasteiger partial charge is 0.481 e. The first kappa shape index (κ1) is 13.4. The summed E-state index contributed by atoms with van der Waals surface area (Å²) in [6.45, 7) is 4.56. The first-order valence-corrected chi connectivity index (χ1v) is 6.21. The van der Waals surface area contributed by atoms with Gasteiger partial charge in [0.15, 0.2) is 0 Å². The number of hydrogen-bond donors (Lipinski definition) is 2. The summed E-state index contributed by atoms with van der Waals surface area (Å²) >= 11 is 4.19. The molecule has 1 N–H and O–H groups in total. The van der Waals surface area contributed by atoms with E-state index in [1.807, 2.05) is 13.8 Å². The van der Waals surface area contributed by atoms with Gasteiger partial charge in [-0.1, -0.05) is 13.8 Å². The van der Waals surface area contributed by atoms with Gasteiger partial charge in [0.1, 0.15) is 0 Å². The standard InChI is InChI=1S/C11H19NO3S/c1-7(2)9(4-11(14)15)12-5-8(6-16)3-10(12)13/h7-9,16H,3-6H2,1-2H3,(H,14,15). The molecule has 1 aliphatic heterocycles. The van der Waals surface area contributed by atoms with E-state index < -0.39 is 5.97 Å². The molecule has 0 spiro atoms. The normalized spacial score (nSPS) is 22.9. The van der Waals surface area contributed by atoms with Gasteiger partial charge in [-0.25, -0.2) is 0 Å². The van der Waals surface area contributed by atoms with Gasteiger partial charge >= 0.3 is 5.97 Å². The number of thiol groups is 1. The summed E-state index contributed by atoms with van der Waals surface area (Å²) in [4.78, 5) is 24.3. The fraction of sp³-hybridized carbons (Fsp3) is 0.818. The highest BCUT2D eigenvalue weighted by atomic mass is 32.1. The van der Waals surface area contributed by atoms with E-state index in [9.17, 15) is 9.59 Å². The molecule has 1 rings (SSSR count). The van der Waals surface area contributed by atoms with Crippen molar-refractivity contribution in [1.82, 2.24) is 4.90 Å². The third-order valence-corrected chi connectivity index (χ3v) is 3.57. The van der Waals surface area contributed by atoms with Gasteiger partial charge in [0.2, 0.25) is 5.91 Å². The van der Waals surface area contributed by atoms with Crippen molar-refractivity contribution in [2.75, 3.05) is 12.3 Å². The van der Waals surface area contributed by atoms with Crippen molar-refractivity contribution in [3.63, 3.8) is 0 Å². The first-order chi connectivity index (χ1) is 7.45. The number of carboxylic acids is 1. The molecule has 0 aromatic heterocycles. The summed E-state index contributed by atoms with van der Waals surface area (Å²) in [6, 6.07) is -0.185. The SMILES string of the molecule is CC(C)C(CC(=O)O)N1CC(CS)CC1=O. The van der Waals surface area contributed by atoms with Crippen LogP contribution in [-0.2, 0) is 9.59 Å². The lowest BCUT2D eigenvalue weighted by Gasteiger charge is -2.30. The zero-order chi connectivity index (χ0) is 12.3. The Morgan fingerprint density at radius 2 is 2.25 bits per heavy atom. The molecule has 2 unspecified atom stereocenters. The van der Waals surface area contributed by atoms with Crippen LogP contribution in [-0.4, -0.2) is 40.2 Å². The summed E-state index contributed by atoms with van der Waals surface area (Å²) in [6.07, 6.45) is 0.537. The van der Waals surface area contributed by atoms with Gasteiger partial charge in [-0.2, -0.15) is 12.6 Å². The molecule has 92 valence electrons. The number of hydrogen-bond acceptors (Lipinski definition) is 3. The molecule has 0 aromatic rings. The van der Waals surface area contributed by atoms with Crippen LogP contribution in [0.15, 0.2) is 0 Å². The summed E-state index contributed by atoms with van der Waals surface area (Å²) in [7, 11) is 0. The first-order valence-electron chi connectivity index (χ1n) is 5.57. The number of amides is 1. The fourth-order valence-electron chi connectivity index (χ4n) is 2.14. The van der Waals surface area contributed by atoms with Crippen molar-refractivity contribution >= 4 is 24.5 Å².